The normalized spacial score (nSPS) is 12.9. The van der Waals surface area contributed by atoms with Gasteiger partial charge in [0.25, 0.3) is 0 Å². The Morgan fingerprint density at radius 3 is 2.82 bits per heavy atom. The first-order valence-electron chi connectivity index (χ1n) is 5.62. The van der Waals surface area contributed by atoms with Crippen LogP contribution in [0.25, 0.3) is 0 Å². The Morgan fingerprint density at radius 1 is 1.53 bits per heavy atom. The van der Waals surface area contributed by atoms with Gasteiger partial charge in [-0.1, -0.05) is 18.5 Å². The fourth-order valence-electron chi connectivity index (χ4n) is 1.79. The van der Waals surface area contributed by atoms with Crippen LogP contribution in [0.4, 0.5) is 0 Å². The van der Waals surface area contributed by atoms with E-state index >= 15 is 0 Å². The summed E-state index contributed by atoms with van der Waals surface area (Å²) in [4.78, 5) is 1.12. The van der Waals surface area contributed by atoms with Crippen molar-refractivity contribution in [3.63, 3.8) is 0 Å². The first-order chi connectivity index (χ1) is 8.10. The predicted octanol–water partition coefficient (Wildman–Crippen LogP) is 2.94. The summed E-state index contributed by atoms with van der Waals surface area (Å²) in [6.45, 7) is 2.10. The number of aryl methyl sites for hydroxylation is 2. The molecule has 0 saturated heterocycles. The van der Waals surface area contributed by atoms with Crippen molar-refractivity contribution in [3.05, 3.63) is 38.8 Å². The van der Waals surface area contributed by atoms with Crippen molar-refractivity contribution in [1.82, 2.24) is 9.78 Å². The summed E-state index contributed by atoms with van der Waals surface area (Å²) in [6, 6.07) is 6.00. The van der Waals surface area contributed by atoms with Crippen LogP contribution < -0.4 is 5.73 Å². The summed E-state index contributed by atoms with van der Waals surface area (Å²) in [5, 5.41) is 4.42. The van der Waals surface area contributed by atoms with Crippen LogP contribution in [0.5, 0.6) is 0 Å². The molecule has 2 rings (SSSR count). The largest absolute Gasteiger partial charge is 0.323 e. The molecule has 0 fully saturated rings. The van der Waals surface area contributed by atoms with Gasteiger partial charge >= 0.3 is 0 Å². The molecule has 1 atom stereocenters. The number of aromatic nitrogens is 2. The van der Waals surface area contributed by atoms with E-state index in [9.17, 15) is 0 Å². The van der Waals surface area contributed by atoms with Crippen LogP contribution in [0, 0.1) is 0 Å². The summed E-state index contributed by atoms with van der Waals surface area (Å²) in [7, 11) is 1.96. The predicted molar refractivity (Wildman–Crippen MR) is 72.5 cm³/mol. The second-order valence-corrected chi connectivity index (χ2v) is 5.80. The van der Waals surface area contributed by atoms with Gasteiger partial charge < -0.3 is 5.73 Å². The van der Waals surface area contributed by atoms with Crippen LogP contribution in [-0.2, 0) is 19.9 Å². The Kier molecular flexibility index (Phi) is 3.86. The first-order valence-corrected chi connectivity index (χ1v) is 6.82. The first kappa shape index (κ1) is 12.6. The van der Waals surface area contributed by atoms with Gasteiger partial charge in [-0.3, -0.25) is 4.68 Å². The fraction of sp³-hybridized carbons (Fsp3) is 0.417. The maximum absolute atomic E-state index is 6.17. The molecule has 3 nitrogen and oxygen atoms in total. The zero-order chi connectivity index (χ0) is 12.4. The standard InChI is InChI=1S/C12H16ClN3S/c1-3-8-6-9(16(2)15-8)7-10(14)11-4-5-12(13)17-11/h4-6,10H,3,7,14H2,1-2H3. The lowest BCUT2D eigenvalue weighted by molar-refractivity contribution is 0.644. The molecule has 2 aromatic rings. The summed E-state index contributed by atoms with van der Waals surface area (Å²) < 4.78 is 2.70. The molecule has 0 aliphatic rings. The molecule has 1 unspecified atom stereocenters. The highest BCUT2D eigenvalue weighted by molar-refractivity contribution is 7.16. The van der Waals surface area contributed by atoms with Crippen LogP contribution in [0.3, 0.4) is 0 Å². The number of rotatable bonds is 4. The molecule has 2 aromatic heterocycles. The van der Waals surface area contributed by atoms with Crippen LogP contribution in [0.1, 0.15) is 29.2 Å². The zero-order valence-corrected chi connectivity index (χ0v) is 11.6. The maximum atomic E-state index is 6.17. The third kappa shape index (κ3) is 2.89. The Hall–Kier alpha value is -0.840. The highest BCUT2D eigenvalue weighted by Gasteiger charge is 2.13. The van der Waals surface area contributed by atoms with E-state index < -0.39 is 0 Å². The Morgan fingerprint density at radius 2 is 2.29 bits per heavy atom. The smallest absolute Gasteiger partial charge is 0.0931 e. The van der Waals surface area contributed by atoms with Crippen molar-refractivity contribution in [2.75, 3.05) is 0 Å². The van der Waals surface area contributed by atoms with E-state index in [1.165, 1.54) is 5.69 Å². The van der Waals surface area contributed by atoms with Crippen molar-refractivity contribution in [2.45, 2.75) is 25.8 Å². The zero-order valence-electron chi connectivity index (χ0n) is 9.98. The number of hydrogen-bond acceptors (Lipinski definition) is 3. The van der Waals surface area contributed by atoms with E-state index in [0.717, 1.165) is 27.7 Å². The van der Waals surface area contributed by atoms with E-state index in [1.807, 2.05) is 23.9 Å². The van der Waals surface area contributed by atoms with Crippen LogP contribution >= 0.6 is 22.9 Å². The van der Waals surface area contributed by atoms with E-state index in [4.69, 9.17) is 17.3 Å². The summed E-state index contributed by atoms with van der Waals surface area (Å²) >= 11 is 7.45. The molecule has 17 heavy (non-hydrogen) atoms. The summed E-state index contributed by atoms with van der Waals surface area (Å²) in [6.07, 6.45) is 1.74. The number of halogens is 1. The minimum atomic E-state index is -0.00685. The molecule has 5 heteroatoms. The molecule has 92 valence electrons. The van der Waals surface area contributed by atoms with Crippen LogP contribution in [0.15, 0.2) is 18.2 Å². The molecule has 2 heterocycles. The minimum absolute atomic E-state index is 0.00685. The summed E-state index contributed by atoms with van der Waals surface area (Å²) in [5.41, 5.74) is 8.45. The number of hydrogen-bond donors (Lipinski definition) is 1. The lowest BCUT2D eigenvalue weighted by Gasteiger charge is -2.09. The molecule has 2 N–H and O–H groups in total. The second-order valence-electron chi connectivity index (χ2n) is 4.06. The minimum Gasteiger partial charge on any atom is -0.323 e. The Bertz CT molecular complexity index is 504. The van der Waals surface area contributed by atoms with Crippen LogP contribution in [0.2, 0.25) is 4.34 Å². The second kappa shape index (κ2) is 5.21. The van der Waals surface area contributed by atoms with Crippen molar-refractivity contribution < 1.29 is 0 Å². The fourth-order valence-corrected chi connectivity index (χ4v) is 2.85. The van der Waals surface area contributed by atoms with E-state index in [0.29, 0.717) is 0 Å². The van der Waals surface area contributed by atoms with Gasteiger partial charge in [0.15, 0.2) is 0 Å². The maximum Gasteiger partial charge on any atom is 0.0931 e. The van der Waals surface area contributed by atoms with Gasteiger partial charge in [0, 0.05) is 30.1 Å². The van der Waals surface area contributed by atoms with Gasteiger partial charge in [-0.25, -0.2) is 0 Å². The third-order valence-electron chi connectivity index (χ3n) is 2.78. The Labute approximate surface area is 110 Å². The molecule has 0 bridgehead atoms. The van der Waals surface area contributed by atoms with Crippen molar-refractivity contribution >= 4 is 22.9 Å². The third-order valence-corrected chi connectivity index (χ3v) is 4.14. The van der Waals surface area contributed by atoms with Crippen molar-refractivity contribution in [2.24, 2.45) is 12.8 Å². The number of nitrogens with two attached hydrogens (primary N) is 1. The molecular formula is C12H16ClN3S. The Balaban J connectivity index is 2.12. The van der Waals surface area contributed by atoms with E-state index in [-0.39, 0.29) is 6.04 Å². The van der Waals surface area contributed by atoms with E-state index in [2.05, 4.69) is 18.1 Å². The molecular weight excluding hydrogens is 254 g/mol. The van der Waals surface area contributed by atoms with Crippen LogP contribution in [-0.4, -0.2) is 9.78 Å². The van der Waals surface area contributed by atoms with E-state index in [1.54, 1.807) is 11.3 Å². The molecule has 0 spiro atoms. The summed E-state index contributed by atoms with van der Waals surface area (Å²) in [5.74, 6) is 0. The van der Waals surface area contributed by atoms with Gasteiger partial charge in [0.1, 0.15) is 0 Å². The van der Waals surface area contributed by atoms with Gasteiger partial charge in [0.05, 0.1) is 10.0 Å². The molecule has 0 saturated carbocycles. The average molecular weight is 270 g/mol. The number of nitrogens with zero attached hydrogens (tertiary/aromatic N) is 2. The molecule has 0 aliphatic carbocycles. The monoisotopic (exact) mass is 269 g/mol. The number of thiophene rings is 1. The quantitative estimate of drug-likeness (QED) is 0.927. The van der Waals surface area contributed by atoms with Gasteiger partial charge in [-0.05, 0) is 24.6 Å². The van der Waals surface area contributed by atoms with Gasteiger partial charge in [-0.2, -0.15) is 5.10 Å². The average Bonchev–Trinajstić information content (AvgIpc) is 2.86. The SMILES string of the molecule is CCc1cc(CC(N)c2ccc(Cl)s2)n(C)n1. The topological polar surface area (TPSA) is 43.8 Å². The van der Waals surface area contributed by atoms with Gasteiger partial charge in [0.2, 0.25) is 0 Å². The highest BCUT2D eigenvalue weighted by atomic mass is 35.5. The molecule has 0 aliphatic heterocycles. The molecule has 0 radical (unpaired) electrons. The van der Waals surface area contributed by atoms with Gasteiger partial charge in [-0.15, -0.1) is 11.3 Å². The molecule has 0 amide bonds. The lowest BCUT2D eigenvalue weighted by atomic mass is 10.1. The van der Waals surface area contributed by atoms with Crippen molar-refractivity contribution in [1.29, 1.82) is 0 Å². The molecule has 0 aromatic carbocycles. The highest BCUT2D eigenvalue weighted by Crippen LogP contribution is 2.27. The van der Waals surface area contributed by atoms with Crippen molar-refractivity contribution in [3.8, 4) is 0 Å². The lowest BCUT2D eigenvalue weighted by Crippen LogP contribution is -2.14.